The topological polar surface area (TPSA) is 71.4 Å². The quantitative estimate of drug-likeness (QED) is 0.908. The van der Waals surface area contributed by atoms with E-state index in [9.17, 15) is 13.2 Å². The van der Waals surface area contributed by atoms with Crippen molar-refractivity contribution < 1.29 is 18.3 Å². The molecule has 0 unspecified atom stereocenters. The first-order valence-corrected chi connectivity index (χ1v) is 6.92. The summed E-state index contributed by atoms with van der Waals surface area (Å²) >= 11 is 3.25. The molecule has 0 aromatic heterocycles. The van der Waals surface area contributed by atoms with Gasteiger partial charge in [0.15, 0.2) is 4.91 Å². The highest BCUT2D eigenvalue weighted by atomic mass is 79.9. The molecule has 0 fully saturated rings. The van der Waals surface area contributed by atoms with Crippen molar-refractivity contribution in [3.63, 3.8) is 0 Å². The third kappa shape index (κ3) is 2.18. The minimum absolute atomic E-state index is 0.213. The van der Waals surface area contributed by atoms with E-state index in [1.54, 1.807) is 24.3 Å². The number of benzene rings is 1. The maximum absolute atomic E-state index is 11.5. The molecule has 0 aliphatic carbocycles. The van der Waals surface area contributed by atoms with Crippen LogP contribution < -0.4 is 0 Å². The minimum Gasteiger partial charge on any atom is -0.477 e. The fraction of sp³-hybridized carbons (Fsp3) is 0. The Bertz CT molecular complexity index is 639. The van der Waals surface area contributed by atoms with Crippen LogP contribution in [0.1, 0.15) is 5.56 Å². The Kier molecular flexibility index (Phi) is 2.92. The van der Waals surface area contributed by atoms with Gasteiger partial charge in [0.05, 0.1) is 0 Å². The van der Waals surface area contributed by atoms with Crippen LogP contribution >= 0.6 is 15.9 Å². The van der Waals surface area contributed by atoms with Crippen LogP contribution in [0.3, 0.4) is 0 Å². The lowest BCUT2D eigenvalue weighted by molar-refractivity contribution is -0.131. The van der Waals surface area contributed by atoms with Gasteiger partial charge in [0.25, 0.3) is 0 Å². The van der Waals surface area contributed by atoms with Crippen LogP contribution in [-0.4, -0.2) is 19.5 Å². The van der Waals surface area contributed by atoms with Gasteiger partial charge < -0.3 is 5.11 Å². The predicted octanol–water partition coefficient (Wildman–Crippen LogP) is 2.19. The largest absolute Gasteiger partial charge is 0.477 e. The number of rotatable bonds is 2. The van der Waals surface area contributed by atoms with E-state index in [-0.39, 0.29) is 5.57 Å². The molecule has 1 heterocycles. The van der Waals surface area contributed by atoms with Gasteiger partial charge in [-0.05, 0) is 23.8 Å². The third-order valence-electron chi connectivity index (χ3n) is 2.29. The maximum atomic E-state index is 11.5. The van der Waals surface area contributed by atoms with Gasteiger partial charge in [0.1, 0.15) is 0 Å². The summed E-state index contributed by atoms with van der Waals surface area (Å²) in [5.41, 5.74) is 0.771. The summed E-state index contributed by atoms with van der Waals surface area (Å²) in [6.45, 7) is 0. The van der Waals surface area contributed by atoms with Crippen molar-refractivity contribution in [2.24, 2.45) is 0 Å². The Balaban J connectivity index is 2.65. The molecule has 1 aromatic carbocycles. The monoisotopic (exact) mass is 314 g/mol. The molecule has 0 saturated heterocycles. The van der Waals surface area contributed by atoms with Gasteiger partial charge in [0.2, 0.25) is 9.84 Å². The minimum atomic E-state index is -3.81. The van der Waals surface area contributed by atoms with E-state index in [2.05, 4.69) is 15.9 Å². The SMILES string of the molecule is O=C(O)C1=C(c2ccc(Br)cc2)C=CS1(=O)=O. The molecule has 1 aliphatic heterocycles. The molecule has 0 atom stereocenters. The number of sulfone groups is 1. The summed E-state index contributed by atoms with van der Waals surface area (Å²) in [6.07, 6.45) is 1.31. The van der Waals surface area contributed by atoms with Crippen LogP contribution in [0.5, 0.6) is 0 Å². The third-order valence-corrected chi connectivity index (χ3v) is 4.28. The molecule has 0 saturated carbocycles. The maximum Gasteiger partial charge on any atom is 0.348 e. The van der Waals surface area contributed by atoms with Crippen molar-refractivity contribution in [2.45, 2.75) is 0 Å². The highest BCUT2D eigenvalue weighted by Gasteiger charge is 2.30. The van der Waals surface area contributed by atoms with E-state index >= 15 is 0 Å². The van der Waals surface area contributed by atoms with Gasteiger partial charge in [-0.1, -0.05) is 28.1 Å². The van der Waals surface area contributed by atoms with Crippen molar-refractivity contribution >= 4 is 37.3 Å². The molecule has 1 aromatic rings. The Morgan fingerprint density at radius 2 is 1.76 bits per heavy atom. The molecule has 2 rings (SSSR count). The van der Waals surface area contributed by atoms with Crippen LogP contribution in [0.15, 0.2) is 45.1 Å². The van der Waals surface area contributed by atoms with Crippen molar-refractivity contribution in [2.75, 3.05) is 0 Å². The molecule has 0 bridgehead atoms. The molecule has 17 heavy (non-hydrogen) atoms. The predicted molar refractivity (Wildman–Crippen MR) is 66.8 cm³/mol. The van der Waals surface area contributed by atoms with Gasteiger partial charge >= 0.3 is 5.97 Å². The number of carbonyl (C=O) groups is 1. The first-order chi connectivity index (χ1) is 7.92. The van der Waals surface area contributed by atoms with Gasteiger partial charge in [0, 0.05) is 15.5 Å². The van der Waals surface area contributed by atoms with E-state index in [1.807, 2.05) is 0 Å². The summed E-state index contributed by atoms with van der Waals surface area (Å²) in [4.78, 5) is 10.4. The lowest BCUT2D eigenvalue weighted by atomic mass is 10.1. The fourth-order valence-electron chi connectivity index (χ4n) is 1.55. The van der Waals surface area contributed by atoms with Crippen LogP contribution in [0.4, 0.5) is 0 Å². The zero-order valence-corrected chi connectivity index (χ0v) is 10.8. The van der Waals surface area contributed by atoms with Crippen molar-refractivity contribution in [1.82, 2.24) is 0 Å². The lowest BCUT2D eigenvalue weighted by Gasteiger charge is -2.02. The van der Waals surface area contributed by atoms with Gasteiger partial charge in [-0.15, -0.1) is 0 Å². The van der Waals surface area contributed by atoms with E-state index < -0.39 is 20.7 Å². The van der Waals surface area contributed by atoms with E-state index in [4.69, 9.17) is 5.11 Å². The highest BCUT2D eigenvalue weighted by Crippen LogP contribution is 2.31. The Morgan fingerprint density at radius 1 is 1.18 bits per heavy atom. The smallest absolute Gasteiger partial charge is 0.348 e. The normalized spacial score (nSPS) is 17.5. The number of carboxylic acid groups (broad SMARTS) is 1. The average molecular weight is 315 g/mol. The van der Waals surface area contributed by atoms with Crippen LogP contribution in [0.25, 0.3) is 5.57 Å². The molecule has 6 heteroatoms. The molecular formula is C11H7BrO4S. The summed E-state index contributed by atoms with van der Waals surface area (Å²) in [5, 5.41) is 9.86. The summed E-state index contributed by atoms with van der Waals surface area (Å²) in [7, 11) is -3.81. The highest BCUT2D eigenvalue weighted by molar-refractivity contribution is 9.10. The van der Waals surface area contributed by atoms with Crippen molar-refractivity contribution in [3.05, 3.63) is 50.7 Å². The second-order valence-electron chi connectivity index (χ2n) is 3.40. The molecule has 0 spiro atoms. The second kappa shape index (κ2) is 4.12. The summed E-state index contributed by atoms with van der Waals surface area (Å²) in [5.74, 6) is -1.44. The Morgan fingerprint density at radius 3 is 2.29 bits per heavy atom. The molecule has 1 aliphatic rings. The molecule has 0 amide bonds. The van der Waals surface area contributed by atoms with Crippen molar-refractivity contribution in [1.29, 1.82) is 0 Å². The van der Waals surface area contributed by atoms with E-state index in [1.165, 1.54) is 6.08 Å². The zero-order chi connectivity index (χ0) is 12.6. The second-order valence-corrected chi connectivity index (χ2v) is 6.09. The fourth-order valence-corrected chi connectivity index (χ4v) is 3.00. The Hall–Kier alpha value is -1.40. The Labute approximate surface area is 106 Å². The zero-order valence-electron chi connectivity index (χ0n) is 8.42. The van der Waals surface area contributed by atoms with Gasteiger partial charge in [-0.2, -0.15) is 0 Å². The number of halogens is 1. The van der Waals surface area contributed by atoms with Gasteiger partial charge in [-0.3, -0.25) is 0 Å². The van der Waals surface area contributed by atoms with E-state index in [0.29, 0.717) is 5.56 Å². The first kappa shape index (κ1) is 12.1. The standard InChI is InChI=1S/C11H7BrO4S/c12-8-3-1-7(2-4-8)9-5-6-17(15,16)10(9)11(13)14/h1-6H,(H,13,14). The lowest BCUT2D eigenvalue weighted by Crippen LogP contribution is -2.09. The van der Waals surface area contributed by atoms with Crippen molar-refractivity contribution in [3.8, 4) is 0 Å². The summed E-state index contributed by atoms with van der Waals surface area (Å²) < 4.78 is 23.9. The molecule has 0 radical (unpaired) electrons. The molecule has 1 N–H and O–H groups in total. The molecule has 4 nitrogen and oxygen atoms in total. The van der Waals surface area contributed by atoms with E-state index in [0.717, 1.165) is 9.88 Å². The molecular weight excluding hydrogens is 308 g/mol. The van der Waals surface area contributed by atoms with Crippen LogP contribution in [0.2, 0.25) is 0 Å². The number of hydrogen-bond acceptors (Lipinski definition) is 3. The number of hydrogen-bond donors (Lipinski definition) is 1. The molecule has 88 valence electrons. The van der Waals surface area contributed by atoms with Crippen LogP contribution in [0, 0.1) is 0 Å². The summed E-state index contributed by atoms with van der Waals surface area (Å²) in [6, 6.07) is 6.77. The average Bonchev–Trinajstić information content (AvgIpc) is 2.55. The van der Waals surface area contributed by atoms with Crippen LogP contribution in [-0.2, 0) is 14.6 Å². The van der Waals surface area contributed by atoms with Gasteiger partial charge in [-0.25, -0.2) is 13.2 Å². The number of carboxylic acids is 1. The number of aliphatic carboxylic acids is 1. The number of allylic oxidation sites excluding steroid dienone is 2. The first-order valence-electron chi connectivity index (χ1n) is 4.58.